The quantitative estimate of drug-likeness (QED) is 0.397. The number of alkyl halides is 5. The van der Waals surface area contributed by atoms with Gasteiger partial charge in [-0.2, -0.15) is 22.0 Å². The number of hydrogen-bond acceptors (Lipinski definition) is 5. The summed E-state index contributed by atoms with van der Waals surface area (Å²) >= 11 is 6.01. The van der Waals surface area contributed by atoms with Crippen molar-refractivity contribution >= 4 is 40.2 Å². The Morgan fingerprint density at radius 1 is 1.18 bits per heavy atom. The average Bonchev–Trinajstić information content (AvgIpc) is 3.17. The Hall–Kier alpha value is -3.28. The van der Waals surface area contributed by atoms with Crippen LogP contribution in [0.3, 0.4) is 0 Å². The summed E-state index contributed by atoms with van der Waals surface area (Å²) < 4.78 is 72.4. The lowest BCUT2D eigenvalue weighted by atomic mass is 10.2. The number of nitrogens with one attached hydrogen (secondary N) is 1. The molecule has 3 rings (SSSR count). The predicted octanol–water partition coefficient (Wildman–Crippen LogP) is 4.78. The fourth-order valence-corrected chi connectivity index (χ4v) is 3.09. The number of amides is 1. The van der Waals surface area contributed by atoms with Crippen LogP contribution in [-0.4, -0.2) is 45.9 Å². The number of rotatable bonds is 6. The Morgan fingerprint density at radius 3 is 2.52 bits per heavy atom. The molecule has 0 aliphatic heterocycles. The molecule has 0 saturated carbocycles. The number of ether oxygens (including phenoxy) is 1. The molecule has 0 aliphatic rings. The van der Waals surface area contributed by atoms with E-state index in [1.165, 1.54) is 20.0 Å². The molecule has 2 aromatic heterocycles. The van der Waals surface area contributed by atoms with E-state index in [1.807, 2.05) is 0 Å². The number of carbonyl (C=O) groups excluding carboxylic acids is 2. The molecule has 0 spiro atoms. The molecule has 7 nitrogen and oxygen atoms in total. The lowest BCUT2D eigenvalue weighted by Gasteiger charge is -2.27. The van der Waals surface area contributed by atoms with Gasteiger partial charge in [0.2, 0.25) is 0 Å². The summed E-state index contributed by atoms with van der Waals surface area (Å²) in [6, 6.07) is 2.56. The molecule has 0 aliphatic carbocycles. The number of esters is 1. The number of halogens is 6. The Morgan fingerprint density at radius 2 is 1.88 bits per heavy atom. The summed E-state index contributed by atoms with van der Waals surface area (Å²) in [5.41, 5.74) is -1.07. The van der Waals surface area contributed by atoms with Crippen LogP contribution in [0.4, 0.5) is 27.6 Å². The van der Waals surface area contributed by atoms with E-state index in [-0.39, 0.29) is 33.9 Å². The number of anilines is 1. The normalized spacial score (nSPS) is 12.1. The highest BCUT2D eigenvalue weighted by Gasteiger charge is 2.45. The van der Waals surface area contributed by atoms with Gasteiger partial charge in [-0.25, -0.2) is 9.78 Å². The number of imidazole rings is 1. The highest BCUT2D eigenvalue weighted by atomic mass is 35.5. The summed E-state index contributed by atoms with van der Waals surface area (Å²) in [5, 5.41) is 0.0594. The van der Waals surface area contributed by atoms with Crippen LogP contribution in [0, 0.1) is 6.92 Å². The second-order valence-electron chi connectivity index (χ2n) is 6.90. The van der Waals surface area contributed by atoms with Crippen LogP contribution in [0.5, 0.6) is 0 Å². The largest absolute Gasteiger partial charge is 0.462 e. The number of hydrogen-bond donors (Lipinski definition) is 1. The molecule has 1 amide bonds. The molecule has 0 fully saturated rings. The van der Waals surface area contributed by atoms with Gasteiger partial charge in [-0.05, 0) is 37.6 Å². The van der Waals surface area contributed by atoms with Crippen LogP contribution in [0.1, 0.15) is 28.7 Å². The first kappa shape index (κ1) is 24.4. The molecule has 0 saturated heterocycles. The summed E-state index contributed by atoms with van der Waals surface area (Å²) in [5.74, 6) is -7.63. The van der Waals surface area contributed by atoms with Crippen LogP contribution < -0.4 is 4.90 Å². The maximum Gasteiger partial charge on any atom is 0.416 e. The summed E-state index contributed by atoms with van der Waals surface area (Å²) in [6.45, 7) is 1.02. The number of aromatic amines is 1. The van der Waals surface area contributed by atoms with E-state index in [4.69, 9.17) is 11.6 Å². The number of H-pyrrole nitrogens is 1. The topological polar surface area (TPSA) is 88.2 Å². The van der Waals surface area contributed by atoms with Crippen LogP contribution in [0.25, 0.3) is 11.0 Å². The van der Waals surface area contributed by atoms with Gasteiger partial charge in [-0.3, -0.25) is 14.7 Å². The maximum absolute atomic E-state index is 14.6. The highest BCUT2D eigenvalue weighted by molar-refractivity contribution is 6.31. The fraction of sp³-hybridized carbons (Fsp3) is 0.300. The van der Waals surface area contributed by atoms with Gasteiger partial charge in [0.15, 0.2) is 5.82 Å². The van der Waals surface area contributed by atoms with Crippen molar-refractivity contribution in [2.45, 2.75) is 25.9 Å². The Kier molecular flexibility index (Phi) is 6.59. The zero-order valence-corrected chi connectivity index (χ0v) is 17.9. The van der Waals surface area contributed by atoms with E-state index in [1.54, 1.807) is 0 Å². The minimum atomic E-state index is -4.64. The third-order valence-electron chi connectivity index (χ3n) is 4.61. The minimum absolute atomic E-state index is 0.0594. The number of carbonyl (C=O) groups is 2. The van der Waals surface area contributed by atoms with Gasteiger partial charge in [-0.1, -0.05) is 11.6 Å². The van der Waals surface area contributed by atoms with Crippen LogP contribution in [0.15, 0.2) is 30.6 Å². The predicted molar refractivity (Wildman–Crippen MR) is 108 cm³/mol. The standard InChI is InChI=1S/C20H16ClF5N4O3/c1-3-33-18(32)19(22,23)9-30(15-8-27-7-12(21)10(15)2)17(31)16-28-13-5-4-11(20(24,25)26)6-14(13)29-16/h4-8H,3,9H2,1-2H3,(H,28,29). The maximum atomic E-state index is 14.6. The molecule has 13 heteroatoms. The number of benzene rings is 1. The summed E-state index contributed by atoms with van der Waals surface area (Å²) in [6.07, 6.45) is -2.33. The number of aromatic nitrogens is 3. The third-order valence-corrected chi connectivity index (χ3v) is 4.99. The van der Waals surface area contributed by atoms with Crippen LogP contribution in [-0.2, 0) is 15.7 Å². The first-order valence-corrected chi connectivity index (χ1v) is 9.77. The molecule has 3 aromatic rings. The van der Waals surface area contributed by atoms with Crippen molar-refractivity contribution in [2.75, 3.05) is 18.1 Å². The lowest BCUT2D eigenvalue weighted by molar-refractivity contribution is -0.169. The minimum Gasteiger partial charge on any atom is -0.462 e. The zero-order valence-electron chi connectivity index (χ0n) is 17.1. The Bertz CT molecular complexity index is 1210. The molecular formula is C20H16ClF5N4O3. The lowest BCUT2D eigenvalue weighted by Crippen LogP contribution is -2.46. The molecule has 0 atom stereocenters. The number of fused-ring (bicyclic) bond motifs is 1. The van der Waals surface area contributed by atoms with Gasteiger partial charge in [0.25, 0.3) is 5.91 Å². The molecule has 0 radical (unpaired) electrons. The molecule has 0 bridgehead atoms. The third kappa shape index (κ3) is 5.05. The first-order chi connectivity index (χ1) is 15.3. The molecule has 176 valence electrons. The van der Waals surface area contributed by atoms with Crippen molar-refractivity contribution < 1.29 is 36.3 Å². The van der Waals surface area contributed by atoms with E-state index in [9.17, 15) is 31.5 Å². The van der Waals surface area contributed by atoms with Crippen molar-refractivity contribution in [3.8, 4) is 0 Å². The van der Waals surface area contributed by atoms with Crippen molar-refractivity contribution in [1.29, 1.82) is 0 Å². The molecule has 1 aromatic carbocycles. The van der Waals surface area contributed by atoms with E-state index in [0.29, 0.717) is 11.0 Å². The first-order valence-electron chi connectivity index (χ1n) is 9.39. The van der Waals surface area contributed by atoms with E-state index >= 15 is 0 Å². The van der Waals surface area contributed by atoms with Crippen molar-refractivity contribution in [1.82, 2.24) is 15.0 Å². The summed E-state index contributed by atoms with van der Waals surface area (Å²) in [4.78, 5) is 35.6. The van der Waals surface area contributed by atoms with Gasteiger partial charge in [0, 0.05) is 6.20 Å². The monoisotopic (exact) mass is 490 g/mol. The van der Waals surface area contributed by atoms with E-state index in [0.717, 1.165) is 18.3 Å². The van der Waals surface area contributed by atoms with Crippen molar-refractivity contribution in [2.24, 2.45) is 0 Å². The Labute approximate surface area is 188 Å². The van der Waals surface area contributed by atoms with Crippen LogP contribution >= 0.6 is 11.6 Å². The van der Waals surface area contributed by atoms with Gasteiger partial charge < -0.3 is 9.72 Å². The van der Waals surface area contributed by atoms with E-state index in [2.05, 4.69) is 19.7 Å². The molecule has 0 unspecified atom stereocenters. The molecule has 2 heterocycles. The second kappa shape index (κ2) is 8.93. The number of pyridine rings is 1. The van der Waals surface area contributed by atoms with Gasteiger partial charge in [0.1, 0.15) is 6.54 Å². The Balaban J connectivity index is 2.07. The second-order valence-corrected chi connectivity index (χ2v) is 7.30. The fourth-order valence-electron chi connectivity index (χ4n) is 2.94. The van der Waals surface area contributed by atoms with E-state index < -0.39 is 41.9 Å². The smallest absolute Gasteiger partial charge is 0.416 e. The number of nitrogens with zero attached hydrogens (tertiary/aromatic N) is 3. The van der Waals surface area contributed by atoms with Gasteiger partial charge >= 0.3 is 18.1 Å². The van der Waals surface area contributed by atoms with Gasteiger partial charge in [0.05, 0.1) is 40.1 Å². The molecule has 1 N–H and O–H groups in total. The van der Waals surface area contributed by atoms with Gasteiger partial charge in [-0.15, -0.1) is 0 Å². The van der Waals surface area contributed by atoms with Crippen molar-refractivity contribution in [3.63, 3.8) is 0 Å². The highest BCUT2D eigenvalue weighted by Crippen LogP contribution is 2.32. The van der Waals surface area contributed by atoms with Crippen LogP contribution in [0.2, 0.25) is 5.02 Å². The molecule has 33 heavy (non-hydrogen) atoms. The molecular weight excluding hydrogens is 475 g/mol. The van der Waals surface area contributed by atoms with Crippen molar-refractivity contribution in [3.05, 3.63) is 52.6 Å². The SMILES string of the molecule is CCOC(=O)C(F)(F)CN(C(=O)c1nc2cc(C(F)(F)F)ccc2[nH]1)c1cncc(Cl)c1C. The zero-order chi connectivity index (χ0) is 24.6. The summed E-state index contributed by atoms with van der Waals surface area (Å²) in [7, 11) is 0. The average molecular weight is 491 g/mol.